The molecule has 2 atom stereocenters. The molecule has 0 fully saturated rings. The molecule has 4 aromatic rings. The van der Waals surface area contributed by atoms with E-state index in [2.05, 4.69) is 150 Å². The van der Waals surface area contributed by atoms with E-state index in [1.807, 2.05) is 30.8 Å². The summed E-state index contributed by atoms with van der Waals surface area (Å²) in [5.41, 5.74) is 12.6. The average molecular weight is 622 g/mol. The molecule has 3 heterocycles. The number of allylic oxidation sites excluding steroid dienone is 11. The lowest BCUT2D eigenvalue weighted by atomic mass is 9.78. The van der Waals surface area contributed by atoms with Gasteiger partial charge < -0.3 is 0 Å². The van der Waals surface area contributed by atoms with Gasteiger partial charge in [-0.25, -0.2) is 0 Å². The minimum absolute atomic E-state index is 0.304. The van der Waals surface area contributed by atoms with Crippen LogP contribution in [0.25, 0.3) is 28.0 Å². The van der Waals surface area contributed by atoms with Gasteiger partial charge in [-0.15, -0.1) is 0 Å². The van der Waals surface area contributed by atoms with E-state index in [-0.39, 0.29) is 0 Å². The van der Waals surface area contributed by atoms with Gasteiger partial charge in [0.25, 0.3) is 0 Å². The normalized spacial score (nSPS) is 19.4. The van der Waals surface area contributed by atoms with Crippen LogP contribution < -0.4 is 0 Å². The van der Waals surface area contributed by atoms with Gasteiger partial charge in [0, 0.05) is 42.0 Å². The van der Waals surface area contributed by atoms with Gasteiger partial charge in [0.2, 0.25) is 0 Å². The van der Waals surface area contributed by atoms with E-state index in [1.54, 1.807) is 0 Å². The molecule has 7 rings (SSSR count). The fourth-order valence-electron chi connectivity index (χ4n) is 6.63. The minimum atomic E-state index is 0.304. The van der Waals surface area contributed by atoms with Gasteiger partial charge in [0.1, 0.15) is 0 Å². The van der Waals surface area contributed by atoms with Crippen LogP contribution in [0.4, 0.5) is 0 Å². The third kappa shape index (κ3) is 7.32. The lowest BCUT2D eigenvalue weighted by Gasteiger charge is -2.29. The molecule has 234 valence electrons. The zero-order valence-corrected chi connectivity index (χ0v) is 27.1. The van der Waals surface area contributed by atoms with E-state index < -0.39 is 0 Å². The van der Waals surface area contributed by atoms with Crippen molar-refractivity contribution in [1.82, 2.24) is 4.98 Å². The van der Waals surface area contributed by atoms with E-state index in [0.29, 0.717) is 11.8 Å². The summed E-state index contributed by atoms with van der Waals surface area (Å²) in [6.07, 6.45) is 28.5. The van der Waals surface area contributed by atoms with Gasteiger partial charge in [0.05, 0.1) is 5.70 Å². The van der Waals surface area contributed by atoms with Gasteiger partial charge >= 0.3 is 0 Å². The minimum Gasteiger partial charge on any atom is -0.292 e. The molecular formula is C45H39N3. The molecule has 3 heteroatoms. The number of hydrogen-bond donors (Lipinski definition) is 0. The van der Waals surface area contributed by atoms with Crippen molar-refractivity contribution in [3.8, 4) is 11.1 Å². The van der Waals surface area contributed by atoms with Gasteiger partial charge in [-0.3, -0.25) is 15.0 Å². The Labute approximate surface area is 284 Å². The molecule has 1 aliphatic carbocycles. The molecule has 0 amide bonds. The van der Waals surface area contributed by atoms with Crippen molar-refractivity contribution < 1.29 is 0 Å². The molecule has 2 aliphatic heterocycles. The topological polar surface area (TPSA) is 37.6 Å². The van der Waals surface area contributed by atoms with E-state index in [4.69, 9.17) is 4.99 Å². The van der Waals surface area contributed by atoms with Crippen molar-refractivity contribution in [2.75, 3.05) is 6.54 Å². The number of nitrogens with zero attached hydrogens (tertiary/aromatic N) is 3. The maximum atomic E-state index is 5.30. The SMILES string of the molecule is C=C/C=C(\C=C\C1=CCCN=C1)c1cccc(C2=CC(C3C=C(c4cccc(-c5cccnc5)c4)C=CC3)CC(c3ccccc3)=N2)c1. The first-order valence-electron chi connectivity index (χ1n) is 16.8. The molecule has 0 N–H and O–H groups in total. The smallest absolute Gasteiger partial charge is 0.0669 e. The number of dihydropyridines is 1. The molecule has 48 heavy (non-hydrogen) atoms. The Morgan fingerprint density at radius 2 is 1.62 bits per heavy atom. The lowest BCUT2D eigenvalue weighted by molar-refractivity contribution is 0.489. The zero-order chi connectivity index (χ0) is 32.5. The summed E-state index contributed by atoms with van der Waals surface area (Å²) in [6.45, 7) is 4.85. The van der Waals surface area contributed by atoms with Gasteiger partial charge in [0.15, 0.2) is 0 Å². The number of aromatic nitrogens is 1. The largest absolute Gasteiger partial charge is 0.292 e. The van der Waals surface area contributed by atoms with E-state index in [1.165, 1.54) is 22.3 Å². The number of hydrogen-bond acceptors (Lipinski definition) is 3. The van der Waals surface area contributed by atoms with E-state index in [9.17, 15) is 0 Å². The monoisotopic (exact) mass is 621 g/mol. The Morgan fingerprint density at radius 3 is 2.46 bits per heavy atom. The van der Waals surface area contributed by atoms with Crippen LogP contribution in [0.5, 0.6) is 0 Å². The summed E-state index contributed by atoms with van der Waals surface area (Å²) in [5.74, 6) is 0.655. The average Bonchev–Trinajstić information content (AvgIpc) is 3.17. The predicted octanol–water partition coefficient (Wildman–Crippen LogP) is 10.8. The first-order valence-corrected chi connectivity index (χ1v) is 16.8. The highest BCUT2D eigenvalue weighted by Gasteiger charge is 2.26. The number of rotatable bonds is 9. The number of aliphatic imine (C=N–C) groups is 2. The van der Waals surface area contributed by atoms with Crippen LogP contribution in [0.2, 0.25) is 0 Å². The van der Waals surface area contributed by atoms with Gasteiger partial charge in [-0.05, 0) is 88.3 Å². The Balaban J connectivity index is 1.22. The fourth-order valence-corrected chi connectivity index (χ4v) is 6.63. The third-order valence-corrected chi connectivity index (χ3v) is 9.13. The van der Waals surface area contributed by atoms with Gasteiger partial charge in [-0.2, -0.15) is 0 Å². The molecule has 2 unspecified atom stereocenters. The molecule has 0 bridgehead atoms. The van der Waals surface area contributed by atoms with Crippen LogP contribution in [0.15, 0.2) is 180 Å². The summed E-state index contributed by atoms with van der Waals surface area (Å²) >= 11 is 0. The molecule has 0 saturated carbocycles. The lowest BCUT2D eigenvalue weighted by Crippen LogP contribution is -2.20. The Morgan fingerprint density at radius 1 is 0.792 bits per heavy atom. The van der Waals surface area contributed by atoms with Crippen molar-refractivity contribution in [1.29, 1.82) is 0 Å². The number of benzene rings is 3. The second-order valence-electron chi connectivity index (χ2n) is 12.4. The summed E-state index contributed by atoms with van der Waals surface area (Å²) in [6, 6.07) is 32.3. The van der Waals surface area contributed by atoms with Crippen LogP contribution in [0.3, 0.4) is 0 Å². The summed E-state index contributed by atoms with van der Waals surface area (Å²) < 4.78 is 0. The number of pyridine rings is 1. The highest BCUT2D eigenvalue weighted by Crippen LogP contribution is 2.38. The van der Waals surface area contributed by atoms with Crippen molar-refractivity contribution in [2.45, 2.75) is 19.3 Å². The Kier molecular flexibility index (Phi) is 9.56. The van der Waals surface area contributed by atoms with Crippen molar-refractivity contribution >= 4 is 28.8 Å². The molecule has 0 radical (unpaired) electrons. The quantitative estimate of drug-likeness (QED) is 0.171. The van der Waals surface area contributed by atoms with E-state index >= 15 is 0 Å². The van der Waals surface area contributed by atoms with Crippen molar-refractivity contribution in [3.05, 3.63) is 192 Å². The van der Waals surface area contributed by atoms with E-state index in [0.717, 1.165) is 65.1 Å². The second-order valence-corrected chi connectivity index (χ2v) is 12.4. The maximum Gasteiger partial charge on any atom is 0.0669 e. The third-order valence-electron chi connectivity index (χ3n) is 9.13. The molecular weight excluding hydrogens is 583 g/mol. The summed E-state index contributed by atoms with van der Waals surface area (Å²) in [4.78, 5) is 14.1. The van der Waals surface area contributed by atoms with Crippen molar-refractivity contribution in [3.63, 3.8) is 0 Å². The van der Waals surface area contributed by atoms with Crippen LogP contribution in [0.1, 0.15) is 41.5 Å². The predicted molar refractivity (Wildman–Crippen MR) is 204 cm³/mol. The fraction of sp³-hybridized carbons (Fsp3) is 0.133. The maximum absolute atomic E-state index is 5.30. The molecule has 3 aromatic carbocycles. The van der Waals surface area contributed by atoms with Crippen LogP contribution >= 0.6 is 0 Å². The molecule has 3 nitrogen and oxygen atoms in total. The van der Waals surface area contributed by atoms with Crippen molar-refractivity contribution in [2.24, 2.45) is 21.8 Å². The molecule has 1 aromatic heterocycles. The second kappa shape index (κ2) is 14.8. The summed E-state index contributed by atoms with van der Waals surface area (Å²) in [7, 11) is 0. The summed E-state index contributed by atoms with van der Waals surface area (Å²) in [5, 5.41) is 0. The first kappa shape index (κ1) is 31.0. The van der Waals surface area contributed by atoms with Crippen LogP contribution in [0, 0.1) is 11.8 Å². The first-order chi connectivity index (χ1) is 23.7. The molecule has 0 spiro atoms. The molecule has 3 aliphatic rings. The highest BCUT2D eigenvalue weighted by molar-refractivity contribution is 6.05. The van der Waals surface area contributed by atoms with Gasteiger partial charge in [-0.1, -0.05) is 134 Å². The molecule has 0 saturated heterocycles. The van der Waals surface area contributed by atoms with Crippen LogP contribution in [-0.2, 0) is 0 Å². The standard InChI is InChI=1S/C45H39N3/c1-2-11-34(23-22-33-12-9-24-46-31-33)36-15-8-20-41(28-36)45-30-43(29-44(48-45)35-13-4-3-5-14-35)40-19-7-17-38(27-40)37-16-6-18-39(26-37)42-21-10-25-47-32-42/h2-8,10-18,20-23,25-28,30-32,40,43H,1,9,19,24,29H2/b23-22+,34-11+. The zero-order valence-electron chi connectivity index (χ0n) is 27.1. The highest BCUT2D eigenvalue weighted by atomic mass is 14.8. The Bertz CT molecular complexity index is 2030. The Hall–Kier alpha value is -5.67. The van der Waals surface area contributed by atoms with Crippen LogP contribution in [-0.4, -0.2) is 23.5 Å².